The third-order valence-corrected chi connectivity index (χ3v) is 5.54. The molecule has 2 fully saturated rings. The van der Waals surface area contributed by atoms with Crippen LogP contribution in [0.2, 0.25) is 0 Å². The van der Waals surface area contributed by atoms with Crippen molar-refractivity contribution in [2.24, 2.45) is 11.8 Å². The molecule has 10 nitrogen and oxygen atoms in total. The molecule has 10 heteroatoms. The van der Waals surface area contributed by atoms with Crippen LogP contribution in [0.3, 0.4) is 0 Å². The molecule has 0 unspecified atom stereocenters. The number of fused-ring (bicyclic) bond motifs is 4. The Bertz CT molecular complexity index is 967. The van der Waals surface area contributed by atoms with Crippen LogP contribution in [0.15, 0.2) is 30.3 Å². The quantitative estimate of drug-likeness (QED) is 0.348. The monoisotopic (exact) mass is 456 g/mol. The fraction of sp³-hybridized carbons (Fsp3) is 0.522. The second-order valence-electron chi connectivity index (χ2n) is 9.12. The Kier molecular flexibility index (Phi) is 6.44. The zero-order valence-electron chi connectivity index (χ0n) is 18.9. The number of nitrogens with zero attached hydrogens (tertiary/aromatic N) is 2. The van der Waals surface area contributed by atoms with Crippen molar-refractivity contribution in [1.29, 1.82) is 0 Å². The van der Waals surface area contributed by atoms with Crippen molar-refractivity contribution in [3.05, 3.63) is 35.9 Å². The number of alkyl carbamates (subject to hydrolysis) is 1. The van der Waals surface area contributed by atoms with Gasteiger partial charge in [-0.25, -0.2) is 15.1 Å². The molecular weight excluding hydrogens is 428 g/mol. The summed E-state index contributed by atoms with van der Waals surface area (Å²) in [6.07, 6.45) is -0.568. The van der Waals surface area contributed by atoms with E-state index < -0.39 is 23.6 Å². The van der Waals surface area contributed by atoms with Gasteiger partial charge in [0.2, 0.25) is 0 Å². The molecule has 33 heavy (non-hydrogen) atoms. The summed E-state index contributed by atoms with van der Waals surface area (Å²) in [5.41, 5.74) is 2.73. The molecule has 1 aromatic carbocycles. The van der Waals surface area contributed by atoms with Crippen molar-refractivity contribution in [2.75, 3.05) is 19.7 Å². The smallest absolute Gasteiger partial charge is 0.407 e. The molecule has 2 aliphatic heterocycles. The van der Waals surface area contributed by atoms with Crippen molar-refractivity contribution in [3.8, 4) is 11.8 Å². The van der Waals surface area contributed by atoms with E-state index in [0.29, 0.717) is 6.54 Å². The van der Waals surface area contributed by atoms with E-state index >= 15 is 0 Å². The molecule has 4 atom stereocenters. The molecule has 2 bridgehead atoms. The standard InChI is InChI=1S/C23H28N4O6/c1-23(2,3)33-21(29)24-11-12-31-25-20(28)19-17-10-9-16(17)18-13-26(19)22(30)27(18)32-14-15-7-5-4-6-8-15/h4-8,16-19H,11-14H2,1-3H3,(H,24,29)(H,25,28)/t16-,17+,18-,19-/m0/s1. The number of urea groups is 1. The van der Waals surface area contributed by atoms with Gasteiger partial charge in [0.15, 0.2) is 0 Å². The summed E-state index contributed by atoms with van der Waals surface area (Å²) < 4.78 is 5.13. The predicted molar refractivity (Wildman–Crippen MR) is 116 cm³/mol. The number of benzene rings is 1. The molecule has 2 N–H and O–H groups in total. The lowest BCUT2D eigenvalue weighted by Crippen LogP contribution is -2.59. The van der Waals surface area contributed by atoms with Gasteiger partial charge in [-0.2, -0.15) is 5.06 Å². The van der Waals surface area contributed by atoms with E-state index in [1.165, 1.54) is 9.96 Å². The minimum absolute atomic E-state index is 0.0420. The SMILES string of the molecule is CC(C)(C)OC(=O)NCCONC(=O)[C@@H]1[C@@H]2C#C[C@@H]2[C@@H]2CN1C(=O)N2OCc1ccccc1. The van der Waals surface area contributed by atoms with Gasteiger partial charge in [-0.3, -0.25) is 14.5 Å². The van der Waals surface area contributed by atoms with Crippen molar-refractivity contribution in [3.63, 3.8) is 0 Å². The number of nitrogens with one attached hydrogen (secondary N) is 2. The van der Waals surface area contributed by atoms with E-state index in [9.17, 15) is 14.4 Å². The summed E-state index contributed by atoms with van der Waals surface area (Å²) >= 11 is 0. The number of rotatable bonds is 8. The predicted octanol–water partition coefficient (Wildman–Crippen LogP) is 1.43. The van der Waals surface area contributed by atoms with E-state index in [4.69, 9.17) is 14.4 Å². The number of hydrogen-bond acceptors (Lipinski definition) is 6. The molecule has 176 valence electrons. The van der Waals surface area contributed by atoms with Gasteiger partial charge in [0.05, 0.1) is 24.5 Å². The molecule has 4 amide bonds. The molecule has 0 radical (unpaired) electrons. The van der Waals surface area contributed by atoms with E-state index in [0.717, 1.165) is 5.56 Å². The lowest BCUT2D eigenvalue weighted by Gasteiger charge is -2.41. The highest BCUT2D eigenvalue weighted by Crippen LogP contribution is 2.41. The van der Waals surface area contributed by atoms with Crippen LogP contribution in [0.1, 0.15) is 26.3 Å². The zero-order chi connectivity index (χ0) is 23.6. The van der Waals surface area contributed by atoms with E-state index in [-0.39, 0.29) is 43.7 Å². The van der Waals surface area contributed by atoms with Gasteiger partial charge in [-0.15, -0.1) is 0 Å². The molecule has 3 aliphatic rings. The van der Waals surface area contributed by atoms with Gasteiger partial charge in [0.1, 0.15) is 18.2 Å². The van der Waals surface area contributed by atoms with Gasteiger partial charge in [-0.05, 0) is 26.3 Å². The number of ether oxygens (including phenoxy) is 1. The highest BCUT2D eigenvalue weighted by molar-refractivity contribution is 5.89. The van der Waals surface area contributed by atoms with Crippen molar-refractivity contribution >= 4 is 18.0 Å². The maximum absolute atomic E-state index is 13.0. The Labute approximate surface area is 192 Å². The molecule has 4 rings (SSSR count). The van der Waals surface area contributed by atoms with E-state index in [1.807, 2.05) is 30.3 Å². The summed E-state index contributed by atoms with van der Waals surface area (Å²) in [5, 5.41) is 3.90. The van der Waals surface area contributed by atoms with Gasteiger partial charge in [0, 0.05) is 13.1 Å². The highest BCUT2D eigenvalue weighted by atomic mass is 16.7. The second-order valence-corrected chi connectivity index (χ2v) is 9.12. The lowest BCUT2D eigenvalue weighted by molar-refractivity contribution is -0.150. The maximum Gasteiger partial charge on any atom is 0.407 e. The number of carbonyl (C=O) groups excluding carboxylic acids is 3. The highest BCUT2D eigenvalue weighted by Gasteiger charge is 2.58. The first-order valence-electron chi connectivity index (χ1n) is 10.9. The average Bonchev–Trinajstić information content (AvgIpc) is 3.00. The third kappa shape index (κ3) is 5.05. The number of piperidine rings is 1. The van der Waals surface area contributed by atoms with Gasteiger partial charge < -0.3 is 15.0 Å². The number of hydrogen-bond donors (Lipinski definition) is 2. The van der Waals surface area contributed by atoms with E-state index in [2.05, 4.69) is 22.6 Å². The number of amides is 4. The summed E-state index contributed by atoms with van der Waals surface area (Å²) in [4.78, 5) is 50.0. The van der Waals surface area contributed by atoms with Crippen LogP contribution in [0.4, 0.5) is 9.59 Å². The van der Waals surface area contributed by atoms with Crippen LogP contribution in [-0.4, -0.2) is 65.4 Å². The number of carbonyl (C=O) groups is 3. The van der Waals surface area contributed by atoms with Crippen LogP contribution in [0.5, 0.6) is 0 Å². The van der Waals surface area contributed by atoms with Crippen molar-refractivity contribution < 1.29 is 28.8 Å². The van der Waals surface area contributed by atoms with Gasteiger partial charge in [0.25, 0.3) is 5.91 Å². The maximum atomic E-state index is 13.0. The summed E-state index contributed by atoms with van der Waals surface area (Å²) in [7, 11) is 0. The van der Waals surface area contributed by atoms with Crippen LogP contribution < -0.4 is 10.8 Å². The topological polar surface area (TPSA) is 109 Å². The minimum Gasteiger partial charge on any atom is -0.444 e. The molecule has 2 saturated heterocycles. The van der Waals surface area contributed by atoms with Gasteiger partial charge in [-0.1, -0.05) is 42.2 Å². The second kappa shape index (κ2) is 9.29. The third-order valence-electron chi connectivity index (χ3n) is 5.54. The normalized spacial score (nSPS) is 24.9. The lowest BCUT2D eigenvalue weighted by atomic mass is 9.72. The molecule has 0 saturated carbocycles. The Morgan fingerprint density at radius 3 is 2.55 bits per heavy atom. The first kappa shape index (κ1) is 22.9. The number of hydroxylamine groups is 3. The molecule has 2 heterocycles. The van der Waals surface area contributed by atoms with E-state index in [1.54, 1.807) is 20.8 Å². The van der Waals surface area contributed by atoms with Crippen molar-refractivity contribution in [2.45, 2.75) is 45.1 Å². The molecule has 1 aliphatic carbocycles. The van der Waals surface area contributed by atoms with Gasteiger partial charge >= 0.3 is 12.1 Å². The largest absolute Gasteiger partial charge is 0.444 e. The molecule has 0 aromatic heterocycles. The summed E-state index contributed by atoms with van der Waals surface area (Å²) in [6.45, 7) is 6.11. The fourth-order valence-corrected chi connectivity index (χ4v) is 4.07. The average molecular weight is 456 g/mol. The minimum atomic E-state index is -0.760. The first-order valence-corrected chi connectivity index (χ1v) is 10.9. The molecular formula is C23H28N4O6. The first-order chi connectivity index (χ1) is 15.7. The fourth-order valence-electron chi connectivity index (χ4n) is 4.07. The van der Waals surface area contributed by atoms with Crippen LogP contribution in [0.25, 0.3) is 0 Å². The van der Waals surface area contributed by atoms with Crippen LogP contribution >= 0.6 is 0 Å². The summed E-state index contributed by atoms with van der Waals surface area (Å²) in [6, 6.07) is 8.23. The Morgan fingerprint density at radius 2 is 1.88 bits per heavy atom. The molecule has 1 aromatic rings. The summed E-state index contributed by atoms with van der Waals surface area (Å²) in [5.74, 6) is 5.24. The Balaban J connectivity index is 1.28. The zero-order valence-corrected chi connectivity index (χ0v) is 18.9. The van der Waals surface area contributed by atoms with Crippen LogP contribution in [-0.2, 0) is 25.8 Å². The molecule has 0 spiro atoms. The Morgan fingerprint density at radius 1 is 1.15 bits per heavy atom. The van der Waals surface area contributed by atoms with Crippen LogP contribution in [0, 0.1) is 23.7 Å². The Hall–Kier alpha value is -3.29. The van der Waals surface area contributed by atoms with Crippen molar-refractivity contribution in [1.82, 2.24) is 20.8 Å².